The molecule has 0 spiro atoms. The molecule has 140 valence electrons. The van der Waals surface area contributed by atoms with Gasteiger partial charge in [-0.05, 0) is 18.9 Å². The van der Waals surface area contributed by atoms with Crippen molar-refractivity contribution >= 4 is 21.4 Å². The minimum atomic E-state index is -4.73. The normalized spacial score (nSPS) is 24.5. The van der Waals surface area contributed by atoms with E-state index in [-0.39, 0.29) is 30.7 Å². The zero-order chi connectivity index (χ0) is 18.7. The van der Waals surface area contributed by atoms with E-state index >= 15 is 0 Å². The van der Waals surface area contributed by atoms with E-state index in [2.05, 4.69) is 10.2 Å². The molecule has 3 rings (SSSR count). The molecule has 0 bridgehead atoms. The van der Waals surface area contributed by atoms with Crippen LogP contribution < -0.4 is 0 Å². The lowest BCUT2D eigenvalue weighted by atomic mass is 9.88. The SMILES string of the molecule is O=S(=O)(c1csc(C(F)(F)F)c1)N1CCCC(C2(C(F)(F)F)N=N2)C1. The Labute approximate surface area is 142 Å². The Hall–Kier alpha value is -1.21. The zero-order valence-corrected chi connectivity index (χ0v) is 13.9. The maximum absolute atomic E-state index is 13.1. The molecular weight excluding hydrogens is 396 g/mol. The van der Waals surface area contributed by atoms with Gasteiger partial charge in [0.15, 0.2) is 0 Å². The summed E-state index contributed by atoms with van der Waals surface area (Å²) in [5.74, 6) is -1.18. The molecular formula is C12H11F6N3O2S2. The number of hydrogen-bond donors (Lipinski definition) is 0. The van der Waals surface area contributed by atoms with Gasteiger partial charge in [-0.2, -0.15) is 30.6 Å². The predicted octanol–water partition coefficient (Wildman–Crippen LogP) is 3.89. The Morgan fingerprint density at radius 1 is 1.20 bits per heavy atom. The van der Waals surface area contributed by atoms with Crippen LogP contribution in [0.5, 0.6) is 0 Å². The van der Waals surface area contributed by atoms with E-state index in [1.807, 2.05) is 0 Å². The van der Waals surface area contributed by atoms with Crippen LogP contribution in [0.1, 0.15) is 17.7 Å². The third-order valence-electron chi connectivity index (χ3n) is 4.18. The molecule has 2 aliphatic rings. The van der Waals surface area contributed by atoms with Crippen LogP contribution in [0.15, 0.2) is 26.6 Å². The van der Waals surface area contributed by atoms with Gasteiger partial charge in [0.2, 0.25) is 10.0 Å². The third kappa shape index (κ3) is 3.16. The fourth-order valence-electron chi connectivity index (χ4n) is 2.80. The van der Waals surface area contributed by atoms with Crippen LogP contribution in [-0.2, 0) is 16.2 Å². The molecule has 0 saturated carbocycles. The molecule has 2 aliphatic heterocycles. The summed E-state index contributed by atoms with van der Waals surface area (Å²) in [6.45, 7) is -0.560. The second-order valence-electron chi connectivity index (χ2n) is 5.77. The number of halogens is 6. The Morgan fingerprint density at radius 2 is 1.84 bits per heavy atom. The Balaban J connectivity index is 1.82. The average molecular weight is 407 g/mol. The van der Waals surface area contributed by atoms with Crippen LogP contribution in [0.3, 0.4) is 0 Å². The maximum Gasteiger partial charge on any atom is 0.438 e. The highest BCUT2D eigenvalue weighted by Crippen LogP contribution is 2.52. The van der Waals surface area contributed by atoms with Crippen molar-refractivity contribution < 1.29 is 34.8 Å². The van der Waals surface area contributed by atoms with Crippen LogP contribution >= 0.6 is 11.3 Å². The van der Waals surface area contributed by atoms with E-state index in [1.165, 1.54) is 0 Å². The average Bonchev–Trinajstić information content (AvgIpc) is 3.16. The fourth-order valence-corrected chi connectivity index (χ4v) is 5.46. The number of rotatable bonds is 3. The lowest BCUT2D eigenvalue weighted by Crippen LogP contribution is -2.49. The summed E-state index contributed by atoms with van der Waals surface area (Å²) in [6.07, 6.45) is -9.19. The monoisotopic (exact) mass is 407 g/mol. The van der Waals surface area contributed by atoms with E-state index in [9.17, 15) is 34.8 Å². The van der Waals surface area contributed by atoms with Crippen LogP contribution in [-0.4, -0.2) is 37.7 Å². The second-order valence-corrected chi connectivity index (χ2v) is 8.62. The van der Waals surface area contributed by atoms with Crippen LogP contribution in [0.25, 0.3) is 0 Å². The molecule has 1 aromatic rings. The fraction of sp³-hybridized carbons (Fsp3) is 0.667. The van der Waals surface area contributed by atoms with Crippen molar-refractivity contribution in [2.24, 2.45) is 16.1 Å². The van der Waals surface area contributed by atoms with E-state index in [1.54, 1.807) is 0 Å². The standard InChI is InChI=1S/C12H11F6N3O2S2/c13-11(14,15)9-4-8(6-24-9)25(22,23)21-3-1-2-7(5-21)10(19-20-10)12(16,17)18/h4,6-7H,1-3,5H2. The van der Waals surface area contributed by atoms with Crippen molar-refractivity contribution in [3.8, 4) is 0 Å². The van der Waals surface area contributed by atoms with Gasteiger partial charge in [-0.15, -0.1) is 21.6 Å². The van der Waals surface area contributed by atoms with Crippen molar-refractivity contribution in [2.45, 2.75) is 35.8 Å². The summed E-state index contributed by atoms with van der Waals surface area (Å²) in [5, 5.41) is 7.01. The zero-order valence-electron chi connectivity index (χ0n) is 12.3. The first-order valence-corrected chi connectivity index (χ1v) is 9.36. The molecule has 0 aliphatic carbocycles. The van der Waals surface area contributed by atoms with E-state index in [0.717, 1.165) is 9.69 Å². The van der Waals surface area contributed by atoms with E-state index in [0.29, 0.717) is 6.07 Å². The van der Waals surface area contributed by atoms with E-state index in [4.69, 9.17) is 0 Å². The summed E-state index contributed by atoms with van der Waals surface area (Å²) in [4.78, 5) is -1.66. The molecule has 0 aromatic carbocycles. The molecule has 13 heteroatoms. The molecule has 0 amide bonds. The molecule has 1 saturated heterocycles. The van der Waals surface area contributed by atoms with Crippen molar-refractivity contribution in [2.75, 3.05) is 13.1 Å². The van der Waals surface area contributed by atoms with Crippen LogP contribution in [0, 0.1) is 5.92 Å². The summed E-state index contributed by atoms with van der Waals surface area (Å²) in [5.41, 5.74) is -2.59. The molecule has 1 atom stereocenters. The lowest BCUT2D eigenvalue weighted by molar-refractivity contribution is -0.179. The minimum absolute atomic E-state index is 0.0655. The van der Waals surface area contributed by atoms with Gasteiger partial charge in [0.05, 0.1) is 4.90 Å². The second kappa shape index (κ2) is 5.64. The molecule has 25 heavy (non-hydrogen) atoms. The van der Waals surface area contributed by atoms with Gasteiger partial charge in [-0.25, -0.2) is 8.42 Å². The van der Waals surface area contributed by atoms with Gasteiger partial charge >= 0.3 is 12.4 Å². The first-order chi connectivity index (χ1) is 11.4. The smallest absolute Gasteiger partial charge is 0.207 e. The Morgan fingerprint density at radius 3 is 2.32 bits per heavy atom. The molecule has 3 heterocycles. The number of thiophene rings is 1. The van der Waals surface area contributed by atoms with Gasteiger partial charge in [-0.3, -0.25) is 0 Å². The molecule has 0 N–H and O–H groups in total. The van der Waals surface area contributed by atoms with Crippen LogP contribution in [0.4, 0.5) is 26.3 Å². The molecule has 1 fully saturated rings. The first-order valence-electron chi connectivity index (χ1n) is 7.04. The number of nitrogens with zero attached hydrogens (tertiary/aromatic N) is 3. The summed E-state index contributed by atoms with van der Waals surface area (Å²) in [7, 11) is -4.32. The van der Waals surface area contributed by atoms with Crippen molar-refractivity contribution in [1.82, 2.24) is 4.31 Å². The Bertz CT molecular complexity index is 793. The quantitative estimate of drug-likeness (QED) is 0.714. The summed E-state index contributed by atoms with van der Waals surface area (Å²) in [6, 6.07) is 0.495. The van der Waals surface area contributed by atoms with Crippen molar-refractivity contribution in [3.63, 3.8) is 0 Å². The number of alkyl halides is 6. The third-order valence-corrected chi connectivity index (χ3v) is 7.15. The highest BCUT2D eigenvalue weighted by molar-refractivity contribution is 7.89. The first kappa shape index (κ1) is 18.6. The number of hydrogen-bond acceptors (Lipinski definition) is 5. The van der Waals surface area contributed by atoms with Gasteiger partial charge in [0.1, 0.15) is 4.88 Å². The predicted molar refractivity (Wildman–Crippen MR) is 74.4 cm³/mol. The van der Waals surface area contributed by atoms with Gasteiger partial charge in [0, 0.05) is 24.4 Å². The van der Waals surface area contributed by atoms with Crippen molar-refractivity contribution in [3.05, 3.63) is 16.3 Å². The minimum Gasteiger partial charge on any atom is -0.207 e. The van der Waals surface area contributed by atoms with Crippen molar-refractivity contribution in [1.29, 1.82) is 0 Å². The molecule has 1 unspecified atom stereocenters. The van der Waals surface area contributed by atoms with Gasteiger partial charge in [-0.1, -0.05) is 0 Å². The summed E-state index contributed by atoms with van der Waals surface area (Å²) >= 11 is 0.222. The number of piperidine rings is 1. The van der Waals surface area contributed by atoms with E-state index < -0.39 is 50.3 Å². The maximum atomic E-state index is 13.1. The van der Waals surface area contributed by atoms with Gasteiger partial charge in [0.25, 0.3) is 5.66 Å². The molecule has 1 aromatic heterocycles. The highest BCUT2D eigenvalue weighted by Gasteiger charge is 2.68. The largest absolute Gasteiger partial charge is 0.438 e. The van der Waals surface area contributed by atoms with Gasteiger partial charge < -0.3 is 0 Å². The van der Waals surface area contributed by atoms with Crippen LogP contribution in [0.2, 0.25) is 0 Å². The Kier molecular flexibility index (Phi) is 4.19. The molecule has 0 radical (unpaired) electrons. The highest BCUT2D eigenvalue weighted by atomic mass is 32.2. The topological polar surface area (TPSA) is 62.1 Å². The lowest BCUT2D eigenvalue weighted by Gasteiger charge is -2.34. The molecule has 5 nitrogen and oxygen atoms in total. The summed E-state index contributed by atoms with van der Waals surface area (Å²) < 4.78 is 103. The number of sulfonamides is 1.